The maximum absolute atomic E-state index is 12.8. The van der Waals surface area contributed by atoms with Gasteiger partial charge in [-0.15, -0.1) is 0 Å². The number of carbonyl (C=O) groups excluding carboxylic acids is 1. The molecule has 0 saturated heterocycles. The minimum absolute atomic E-state index is 0.0462. The van der Waals surface area contributed by atoms with Gasteiger partial charge in [0.05, 0.1) is 10.6 Å². The second-order valence-corrected chi connectivity index (χ2v) is 12.0. The highest BCUT2D eigenvalue weighted by molar-refractivity contribution is 7.92. The number of nitrogens with zero attached hydrogens (tertiary/aromatic N) is 2. The SMILES string of the molecule is CCN(CC)S(=O)(=O)c1ccc2c(c1)CCN2C(=O)CS(=O)(=O)CCCc1ccccc1. The second-order valence-electron chi connectivity index (χ2n) is 7.86. The molecule has 2 aromatic rings. The topological polar surface area (TPSA) is 91.8 Å². The van der Waals surface area contributed by atoms with Crippen molar-refractivity contribution in [1.82, 2.24) is 4.31 Å². The molecule has 174 valence electrons. The number of anilines is 1. The van der Waals surface area contributed by atoms with Gasteiger partial charge in [0.1, 0.15) is 5.75 Å². The van der Waals surface area contributed by atoms with Crippen molar-refractivity contribution < 1.29 is 21.6 Å². The average molecular weight is 479 g/mol. The summed E-state index contributed by atoms with van der Waals surface area (Å²) in [5.41, 5.74) is 2.40. The summed E-state index contributed by atoms with van der Waals surface area (Å²) < 4.78 is 51.9. The first kappa shape index (κ1) is 24.4. The third kappa shape index (κ3) is 5.57. The zero-order valence-corrected chi connectivity index (χ0v) is 20.2. The van der Waals surface area contributed by atoms with Gasteiger partial charge in [-0.25, -0.2) is 16.8 Å². The minimum Gasteiger partial charge on any atom is -0.311 e. The third-order valence-corrected chi connectivity index (χ3v) is 9.34. The van der Waals surface area contributed by atoms with E-state index in [1.54, 1.807) is 26.0 Å². The fourth-order valence-electron chi connectivity index (χ4n) is 3.99. The van der Waals surface area contributed by atoms with E-state index in [-0.39, 0.29) is 10.6 Å². The Morgan fingerprint density at radius 2 is 1.69 bits per heavy atom. The van der Waals surface area contributed by atoms with Crippen LogP contribution in [-0.2, 0) is 37.5 Å². The molecule has 1 amide bonds. The first-order chi connectivity index (χ1) is 15.2. The van der Waals surface area contributed by atoms with Gasteiger partial charge in [0.25, 0.3) is 0 Å². The Hall–Kier alpha value is -2.23. The van der Waals surface area contributed by atoms with E-state index < -0.39 is 31.5 Å². The van der Waals surface area contributed by atoms with Crippen molar-refractivity contribution in [2.24, 2.45) is 0 Å². The molecule has 9 heteroatoms. The van der Waals surface area contributed by atoms with Gasteiger partial charge in [0, 0.05) is 25.3 Å². The van der Waals surface area contributed by atoms with Crippen molar-refractivity contribution in [1.29, 1.82) is 0 Å². The summed E-state index contributed by atoms with van der Waals surface area (Å²) in [6.45, 7) is 4.68. The predicted octanol–water partition coefficient (Wildman–Crippen LogP) is 2.65. The van der Waals surface area contributed by atoms with Crippen LogP contribution in [0.2, 0.25) is 0 Å². The summed E-state index contributed by atoms with van der Waals surface area (Å²) in [4.78, 5) is 14.4. The zero-order chi connectivity index (χ0) is 23.4. The highest BCUT2D eigenvalue weighted by atomic mass is 32.2. The molecule has 0 aliphatic carbocycles. The lowest BCUT2D eigenvalue weighted by Crippen LogP contribution is -2.35. The summed E-state index contributed by atoms with van der Waals surface area (Å²) in [6, 6.07) is 14.3. The summed E-state index contributed by atoms with van der Waals surface area (Å²) in [5, 5.41) is 0. The van der Waals surface area contributed by atoms with E-state index in [1.807, 2.05) is 30.3 Å². The molecule has 1 aliphatic heterocycles. The molecule has 0 N–H and O–H groups in total. The number of amides is 1. The molecule has 0 saturated carbocycles. The number of hydrogen-bond acceptors (Lipinski definition) is 5. The monoisotopic (exact) mass is 478 g/mol. The molecule has 2 aromatic carbocycles. The molecule has 0 fully saturated rings. The van der Waals surface area contributed by atoms with Crippen molar-refractivity contribution >= 4 is 31.5 Å². The maximum Gasteiger partial charge on any atom is 0.243 e. The fraction of sp³-hybridized carbons (Fsp3) is 0.435. The van der Waals surface area contributed by atoms with Gasteiger partial charge < -0.3 is 4.90 Å². The Bertz CT molecular complexity index is 1160. The Labute approximate surface area is 191 Å². The van der Waals surface area contributed by atoms with Gasteiger partial charge >= 0.3 is 0 Å². The smallest absolute Gasteiger partial charge is 0.243 e. The van der Waals surface area contributed by atoms with Crippen molar-refractivity contribution in [2.45, 2.75) is 38.0 Å². The van der Waals surface area contributed by atoms with E-state index in [0.29, 0.717) is 44.6 Å². The van der Waals surface area contributed by atoms with Gasteiger partial charge in [-0.05, 0) is 48.6 Å². The number of carbonyl (C=O) groups is 1. The van der Waals surface area contributed by atoms with E-state index >= 15 is 0 Å². The van der Waals surface area contributed by atoms with Gasteiger partial charge in [-0.3, -0.25) is 4.79 Å². The molecule has 0 spiro atoms. The van der Waals surface area contributed by atoms with E-state index in [1.165, 1.54) is 15.3 Å². The molecule has 0 aromatic heterocycles. The summed E-state index contributed by atoms with van der Waals surface area (Å²) in [6.07, 6.45) is 1.60. The van der Waals surface area contributed by atoms with Gasteiger partial charge in [0.2, 0.25) is 15.9 Å². The number of sulfonamides is 1. The van der Waals surface area contributed by atoms with Crippen LogP contribution in [0.4, 0.5) is 5.69 Å². The van der Waals surface area contributed by atoms with Crippen LogP contribution >= 0.6 is 0 Å². The molecule has 0 unspecified atom stereocenters. The lowest BCUT2D eigenvalue weighted by Gasteiger charge is -2.20. The quantitative estimate of drug-likeness (QED) is 0.524. The largest absolute Gasteiger partial charge is 0.311 e. The number of hydrogen-bond donors (Lipinski definition) is 0. The molecule has 0 atom stereocenters. The third-order valence-electron chi connectivity index (χ3n) is 5.70. The normalized spacial score (nSPS) is 14.0. The van der Waals surface area contributed by atoms with E-state index in [0.717, 1.165) is 11.1 Å². The summed E-state index contributed by atoms with van der Waals surface area (Å²) in [7, 11) is -7.12. The molecule has 1 heterocycles. The number of rotatable bonds is 10. The standard InChI is InChI=1S/C23H30N2O5S2/c1-3-24(4-2)32(29,30)21-12-13-22-20(17-21)14-15-25(22)23(26)18-31(27,28)16-8-11-19-9-6-5-7-10-19/h5-7,9-10,12-13,17H,3-4,8,11,14-16,18H2,1-2H3. The molecule has 1 aliphatic rings. The zero-order valence-electron chi connectivity index (χ0n) is 18.5. The van der Waals surface area contributed by atoms with Crippen LogP contribution in [0.5, 0.6) is 0 Å². The first-order valence-electron chi connectivity index (χ1n) is 10.9. The highest BCUT2D eigenvalue weighted by Crippen LogP contribution is 2.31. The molecule has 0 radical (unpaired) electrons. The lowest BCUT2D eigenvalue weighted by atomic mass is 10.1. The summed E-state index contributed by atoms with van der Waals surface area (Å²) >= 11 is 0. The van der Waals surface area contributed by atoms with Crippen LogP contribution in [0.1, 0.15) is 31.4 Å². The molecule has 0 bridgehead atoms. The van der Waals surface area contributed by atoms with Crippen molar-refractivity contribution in [3.8, 4) is 0 Å². The van der Waals surface area contributed by atoms with E-state index in [2.05, 4.69) is 0 Å². The van der Waals surface area contributed by atoms with Gasteiger partial charge in [-0.2, -0.15) is 4.31 Å². The predicted molar refractivity (Wildman–Crippen MR) is 126 cm³/mol. The highest BCUT2D eigenvalue weighted by Gasteiger charge is 2.30. The first-order valence-corrected chi connectivity index (χ1v) is 14.1. The second kappa shape index (κ2) is 10.1. The Morgan fingerprint density at radius 1 is 1.00 bits per heavy atom. The fourth-order valence-corrected chi connectivity index (χ4v) is 6.76. The molecular weight excluding hydrogens is 448 g/mol. The Kier molecular flexibility index (Phi) is 7.74. The van der Waals surface area contributed by atoms with Crippen molar-refractivity contribution in [3.63, 3.8) is 0 Å². The van der Waals surface area contributed by atoms with Gasteiger partial charge in [0.15, 0.2) is 9.84 Å². The molecule has 3 rings (SSSR count). The van der Waals surface area contributed by atoms with Crippen LogP contribution in [0, 0.1) is 0 Å². The summed E-state index contributed by atoms with van der Waals surface area (Å²) in [5.74, 6) is -1.06. The lowest BCUT2D eigenvalue weighted by molar-refractivity contribution is -0.116. The van der Waals surface area contributed by atoms with Crippen LogP contribution in [-0.4, -0.2) is 58.2 Å². The number of sulfone groups is 1. The van der Waals surface area contributed by atoms with Crippen LogP contribution in [0.25, 0.3) is 0 Å². The Balaban J connectivity index is 1.66. The molecular formula is C23H30N2O5S2. The number of fused-ring (bicyclic) bond motifs is 1. The van der Waals surface area contributed by atoms with Gasteiger partial charge in [-0.1, -0.05) is 44.2 Å². The van der Waals surface area contributed by atoms with Crippen molar-refractivity contribution in [3.05, 3.63) is 59.7 Å². The van der Waals surface area contributed by atoms with Crippen molar-refractivity contribution in [2.75, 3.05) is 36.0 Å². The molecule has 32 heavy (non-hydrogen) atoms. The minimum atomic E-state index is -3.59. The van der Waals surface area contributed by atoms with Crippen LogP contribution in [0.15, 0.2) is 53.4 Å². The maximum atomic E-state index is 12.8. The van der Waals surface area contributed by atoms with E-state index in [9.17, 15) is 21.6 Å². The average Bonchev–Trinajstić information content (AvgIpc) is 3.18. The van der Waals surface area contributed by atoms with E-state index in [4.69, 9.17) is 0 Å². The molecule has 7 nitrogen and oxygen atoms in total. The van der Waals surface area contributed by atoms with Crippen LogP contribution in [0.3, 0.4) is 0 Å². The Morgan fingerprint density at radius 3 is 2.34 bits per heavy atom. The number of benzene rings is 2. The van der Waals surface area contributed by atoms with Crippen LogP contribution < -0.4 is 4.90 Å². The number of aryl methyl sites for hydroxylation is 1.